The van der Waals surface area contributed by atoms with Crippen LogP contribution in [0.25, 0.3) is 0 Å². The number of rotatable bonds is 6. The SMILES string of the molecule is CCn1ncc(C(=O)c2cc(C)c(Cl)c(C)c2C)c1OCC(=O)OC. The summed E-state index contributed by atoms with van der Waals surface area (Å²) < 4.78 is 11.6. The van der Waals surface area contributed by atoms with Crippen LogP contribution in [0.4, 0.5) is 0 Å². The number of carbonyl (C=O) groups excluding carboxylic acids is 2. The van der Waals surface area contributed by atoms with E-state index in [0.29, 0.717) is 22.7 Å². The average Bonchev–Trinajstić information content (AvgIpc) is 3.03. The largest absolute Gasteiger partial charge is 0.466 e. The third-order valence-corrected chi connectivity index (χ3v) is 4.72. The number of benzene rings is 1. The third-order valence-electron chi connectivity index (χ3n) is 4.14. The zero-order valence-electron chi connectivity index (χ0n) is 15.0. The molecule has 25 heavy (non-hydrogen) atoms. The Bertz CT molecular complexity index is 827. The first-order valence-electron chi connectivity index (χ1n) is 7.88. The van der Waals surface area contributed by atoms with Gasteiger partial charge in [-0.2, -0.15) is 5.10 Å². The topological polar surface area (TPSA) is 70.4 Å². The number of halogens is 1. The lowest BCUT2D eigenvalue weighted by Gasteiger charge is -2.13. The number of carbonyl (C=O) groups is 2. The maximum absolute atomic E-state index is 13.1. The van der Waals surface area contributed by atoms with Crippen molar-refractivity contribution in [3.63, 3.8) is 0 Å². The van der Waals surface area contributed by atoms with Gasteiger partial charge in [-0.3, -0.25) is 4.79 Å². The van der Waals surface area contributed by atoms with E-state index in [1.54, 1.807) is 6.07 Å². The van der Waals surface area contributed by atoms with Crippen molar-refractivity contribution in [3.05, 3.63) is 45.1 Å². The van der Waals surface area contributed by atoms with Crippen LogP contribution >= 0.6 is 11.6 Å². The zero-order valence-corrected chi connectivity index (χ0v) is 15.7. The van der Waals surface area contributed by atoms with Gasteiger partial charge in [-0.25, -0.2) is 9.48 Å². The number of esters is 1. The van der Waals surface area contributed by atoms with Gasteiger partial charge in [0, 0.05) is 17.1 Å². The van der Waals surface area contributed by atoms with Crippen molar-refractivity contribution in [1.29, 1.82) is 0 Å². The molecule has 0 radical (unpaired) electrons. The highest BCUT2D eigenvalue weighted by atomic mass is 35.5. The maximum Gasteiger partial charge on any atom is 0.343 e. The molecule has 134 valence electrons. The summed E-state index contributed by atoms with van der Waals surface area (Å²) in [6, 6.07) is 1.76. The summed E-state index contributed by atoms with van der Waals surface area (Å²) in [6.07, 6.45) is 1.46. The first-order valence-corrected chi connectivity index (χ1v) is 8.26. The van der Waals surface area contributed by atoms with Crippen molar-refractivity contribution in [3.8, 4) is 5.88 Å². The lowest BCUT2D eigenvalue weighted by molar-refractivity contribution is -0.143. The van der Waals surface area contributed by atoms with Crippen LogP contribution in [-0.2, 0) is 16.1 Å². The highest BCUT2D eigenvalue weighted by Crippen LogP contribution is 2.30. The predicted molar refractivity (Wildman–Crippen MR) is 94.5 cm³/mol. The Morgan fingerprint density at radius 2 is 1.88 bits per heavy atom. The van der Waals surface area contributed by atoms with Crippen LogP contribution in [0.15, 0.2) is 12.3 Å². The van der Waals surface area contributed by atoms with E-state index in [9.17, 15) is 9.59 Å². The van der Waals surface area contributed by atoms with Crippen LogP contribution in [-0.4, -0.2) is 35.2 Å². The third kappa shape index (κ3) is 3.69. The van der Waals surface area contributed by atoms with E-state index >= 15 is 0 Å². The second-order valence-corrected chi connectivity index (χ2v) is 6.06. The zero-order chi connectivity index (χ0) is 18.7. The molecular weight excluding hydrogens is 344 g/mol. The summed E-state index contributed by atoms with van der Waals surface area (Å²) in [6.45, 7) is 7.67. The molecule has 0 aliphatic heterocycles. The summed E-state index contributed by atoms with van der Waals surface area (Å²) in [5.74, 6) is -0.501. The number of nitrogens with zero attached hydrogens (tertiary/aromatic N) is 2. The molecule has 1 aromatic heterocycles. The van der Waals surface area contributed by atoms with E-state index < -0.39 is 5.97 Å². The number of aromatic nitrogens is 2. The Morgan fingerprint density at radius 3 is 2.48 bits per heavy atom. The fraction of sp³-hybridized carbons (Fsp3) is 0.389. The minimum atomic E-state index is -0.531. The summed E-state index contributed by atoms with van der Waals surface area (Å²) in [5, 5.41) is 4.82. The van der Waals surface area contributed by atoms with E-state index in [4.69, 9.17) is 16.3 Å². The second-order valence-electron chi connectivity index (χ2n) is 5.68. The monoisotopic (exact) mass is 364 g/mol. The Morgan fingerprint density at radius 1 is 1.20 bits per heavy atom. The van der Waals surface area contributed by atoms with E-state index in [-0.39, 0.29) is 18.3 Å². The van der Waals surface area contributed by atoms with E-state index in [2.05, 4.69) is 9.84 Å². The van der Waals surface area contributed by atoms with Gasteiger partial charge in [-0.15, -0.1) is 0 Å². The summed E-state index contributed by atoms with van der Waals surface area (Å²) in [4.78, 5) is 24.4. The molecule has 0 aliphatic carbocycles. The molecule has 0 fully saturated rings. The van der Waals surface area contributed by atoms with E-state index in [1.165, 1.54) is 18.0 Å². The number of ether oxygens (including phenoxy) is 2. The number of hydrogen-bond acceptors (Lipinski definition) is 5. The molecule has 0 saturated carbocycles. The highest BCUT2D eigenvalue weighted by Gasteiger charge is 2.23. The Kier molecular flexibility index (Phi) is 5.85. The standard InChI is InChI=1S/C18H21ClN2O4/c1-6-21-18(25-9-15(22)24-5)14(8-20-21)17(23)13-7-10(2)16(19)12(4)11(13)3/h7-8H,6,9H2,1-5H3. The molecule has 7 heteroatoms. The van der Waals surface area contributed by atoms with Gasteiger partial charge in [-0.1, -0.05) is 11.6 Å². The maximum atomic E-state index is 13.1. The van der Waals surface area contributed by atoms with Gasteiger partial charge in [0.1, 0.15) is 5.56 Å². The minimum Gasteiger partial charge on any atom is -0.466 e. The van der Waals surface area contributed by atoms with Crippen LogP contribution in [0.5, 0.6) is 5.88 Å². The normalized spacial score (nSPS) is 10.6. The smallest absolute Gasteiger partial charge is 0.343 e. The van der Waals surface area contributed by atoms with Crippen molar-refractivity contribution >= 4 is 23.4 Å². The predicted octanol–water partition coefficient (Wildman–Crippen LogP) is 3.26. The van der Waals surface area contributed by atoms with E-state index in [0.717, 1.165) is 16.7 Å². The summed E-state index contributed by atoms with van der Waals surface area (Å²) >= 11 is 6.26. The molecule has 1 heterocycles. The fourth-order valence-electron chi connectivity index (χ4n) is 2.53. The number of aryl methyl sites for hydroxylation is 2. The molecule has 0 amide bonds. The summed E-state index contributed by atoms with van der Waals surface area (Å²) in [7, 11) is 1.28. The van der Waals surface area contributed by atoms with Crippen LogP contribution in [0.1, 0.15) is 39.5 Å². The first kappa shape index (κ1) is 19.0. The van der Waals surface area contributed by atoms with Crippen LogP contribution < -0.4 is 4.74 Å². The second kappa shape index (κ2) is 7.70. The van der Waals surface area contributed by atoms with Gasteiger partial charge in [-0.05, 0) is 50.5 Å². The summed E-state index contributed by atoms with van der Waals surface area (Å²) in [5.41, 5.74) is 3.34. The van der Waals surface area contributed by atoms with Gasteiger partial charge < -0.3 is 9.47 Å². The highest BCUT2D eigenvalue weighted by molar-refractivity contribution is 6.32. The molecule has 0 bridgehead atoms. The van der Waals surface area contributed by atoms with Gasteiger partial charge >= 0.3 is 5.97 Å². The molecule has 0 N–H and O–H groups in total. The van der Waals surface area contributed by atoms with Crippen molar-refractivity contribution in [2.75, 3.05) is 13.7 Å². The van der Waals surface area contributed by atoms with Gasteiger partial charge in [0.05, 0.1) is 13.3 Å². The fourth-order valence-corrected chi connectivity index (χ4v) is 2.72. The molecule has 0 aliphatic rings. The molecule has 0 spiro atoms. The molecule has 2 rings (SSSR count). The minimum absolute atomic E-state index is 0.222. The Balaban J connectivity index is 2.47. The quantitative estimate of drug-likeness (QED) is 0.581. The average molecular weight is 365 g/mol. The number of ketones is 1. The van der Waals surface area contributed by atoms with Crippen molar-refractivity contribution in [2.24, 2.45) is 0 Å². The van der Waals surface area contributed by atoms with Gasteiger partial charge in [0.2, 0.25) is 5.88 Å². The van der Waals surface area contributed by atoms with E-state index in [1.807, 2.05) is 27.7 Å². The molecular formula is C18H21ClN2O4. The van der Waals surface area contributed by atoms with Gasteiger partial charge in [0.15, 0.2) is 12.4 Å². The van der Waals surface area contributed by atoms with Crippen molar-refractivity contribution in [2.45, 2.75) is 34.2 Å². The molecule has 2 aromatic rings. The molecule has 0 atom stereocenters. The van der Waals surface area contributed by atoms with Crippen LogP contribution in [0, 0.1) is 20.8 Å². The van der Waals surface area contributed by atoms with Gasteiger partial charge in [0.25, 0.3) is 0 Å². The number of methoxy groups -OCH3 is 1. The lowest BCUT2D eigenvalue weighted by Crippen LogP contribution is -2.16. The number of hydrogen-bond donors (Lipinski definition) is 0. The molecule has 0 saturated heterocycles. The lowest BCUT2D eigenvalue weighted by atomic mass is 9.95. The van der Waals surface area contributed by atoms with Crippen molar-refractivity contribution in [1.82, 2.24) is 9.78 Å². The molecule has 6 nitrogen and oxygen atoms in total. The van der Waals surface area contributed by atoms with Crippen LogP contribution in [0.2, 0.25) is 5.02 Å². The first-order chi connectivity index (χ1) is 11.8. The Labute approximate surface area is 151 Å². The van der Waals surface area contributed by atoms with Crippen molar-refractivity contribution < 1.29 is 19.1 Å². The Hall–Kier alpha value is -2.34. The molecule has 1 aromatic carbocycles. The van der Waals surface area contributed by atoms with Crippen LogP contribution in [0.3, 0.4) is 0 Å². The molecule has 0 unspecified atom stereocenters.